The molecule has 1 aliphatic carbocycles. The van der Waals surface area contributed by atoms with Crippen molar-refractivity contribution in [3.05, 3.63) is 29.8 Å². The second-order valence-electron chi connectivity index (χ2n) is 4.63. The summed E-state index contributed by atoms with van der Waals surface area (Å²) in [5, 5.41) is 6.11. The highest BCUT2D eigenvalue weighted by Crippen LogP contribution is 2.18. The smallest absolute Gasteiger partial charge is 0.220 e. The van der Waals surface area contributed by atoms with Gasteiger partial charge in [-0.1, -0.05) is 0 Å². The third-order valence-corrected chi connectivity index (χ3v) is 2.79. The lowest BCUT2D eigenvalue weighted by molar-refractivity contribution is -0.121. The predicted octanol–water partition coefficient (Wildman–Crippen LogP) is 1.37. The van der Waals surface area contributed by atoms with Crippen LogP contribution in [0.15, 0.2) is 18.5 Å². The summed E-state index contributed by atoms with van der Waals surface area (Å²) in [7, 11) is 0. The van der Waals surface area contributed by atoms with E-state index in [4.69, 9.17) is 0 Å². The van der Waals surface area contributed by atoms with Crippen molar-refractivity contribution in [2.24, 2.45) is 0 Å². The van der Waals surface area contributed by atoms with Crippen LogP contribution >= 0.6 is 0 Å². The van der Waals surface area contributed by atoms with E-state index in [-0.39, 0.29) is 11.7 Å². The minimum Gasteiger partial charge on any atom is -0.353 e. The lowest BCUT2D eigenvalue weighted by atomic mass is 10.2. The van der Waals surface area contributed by atoms with Crippen LogP contribution in [-0.4, -0.2) is 23.5 Å². The maximum absolute atomic E-state index is 12.8. The first kappa shape index (κ1) is 13.0. The van der Waals surface area contributed by atoms with Gasteiger partial charge in [0.25, 0.3) is 0 Å². The van der Waals surface area contributed by atoms with E-state index >= 15 is 0 Å². The summed E-state index contributed by atoms with van der Waals surface area (Å²) in [6.07, 6.45) is 6.40. The van der Waals surface area contributed by atoms with E-state index in [1.165, 1.54) is 12.3 Å². The number of hydrogen-bond acceptors (Lipinski definition) is 3. The third-order valence-electron chi connectivity index (χ3n) is 2.79. The van der Waals surface area contributed by atoms with Crippen molar-refractivity contribution in [2.45, 2.75) is 38.3 Å². The normalized spacial score (nSPS) is 14.5. The molecule has 1 heterocycles. The molecule has 2 rings (SSSR count). The number of nitrogens with one attached hydrogen (secondary N) is 2. The molecule has 1 saturated carbocycles. The summed E-state index contributed by atoms with van der Waals surface area (Å²) in [5.41, 5.74) is 0.817. The zero-order valence-corrected chi connectivity index (χ0v) is 10.3. The van der Waals surface area contributed by atoms with Crippen molar-refractivity contribution in [3.63, 3.8) is 0 Å². The highest BCUT2D eigenvalue weighted by Gasteiger charge is 2.22. The molecular formula is C13H18FN3O. The van der Waals surface area contributed by atoms with Gasteiger partial charge in [-0.2, -0.15) is 0 Å². The molecule has 1 aromatic rings. The van der Waals surface area contributed by atoms with Crippen LogP contribution in [0.25, 0.3) is 0 Å². The zero-order chi connectivity index (χ0) is 12.8. The second-order valence-corrected chi connectivity index (χ2v) is 4.63. The molecule has 1 amide bonds. The Balaban J connectivity index is 1.54. The molecule has 0 aliphatic heterocycles. The molecule has 0 unspecified atom stereocenters. The summed E-state index contributed by atoms with van der Waals surface area (Å²) >= 11 is 0. The highest BCUT2D eigenvalue weighted by atomic mass is 19.1. The molecule has 0 bridgehead atoms. The molecule has 18 heavy (non-hydrogen) atoms. The van der Waals surface area contributed by atoms with E-state index in [9.17, 15) is 9.18 Å². The first-order valence-corrected chi connectivity index (χ1v) is 6.33. The Morgan fingerprint density at radius 1 is 1.44 bits per heavy atom. The number of carbonyl (C=O) groups excluding carboxylic acids is 1. The van der Waals surface area contributed by atoms with Crippen molar-refractivity contribution < 1.29 is 9.18 Å². The molecule has 0 aromatic carbocycles. The monoisotopic (exact) mass is 251 g/mol. The van der Waals surface area contributed by atoms with E-state index in [0.717, 1.165) is 31.4 Å². The summed E-state index contributed by atoms with van der Waals surface area (Å²) < 4.78 is 12.8. The SMILES string of the molecule is O=C(CCCNCc1cncc(F)c1)NC1CC1. The molecule has 1 fully saturated rings. The number of pyridine rings is 1. The molecule has 1 aromatic heterocycles. The van der Waals surface area contributed by atoms with Gasteiger partial charge in [-0.25, -0.2) is 4.39 Å². The summed E-state index contributed by atoms with van der Waals surface area (Å²) in [5.74, 6) is -0.190. The summed E-state index contributed by atoms with van der Waals surface area (Å²) in [6.45, 7) is 1.32. The van der Waals surface area contributed by atoms with Crippen molar-refractivity contribution in [2.75, 3.05) is 6.54 Å². The van der Waals surface area contributed by atoms with Crippen molar-refractivity contribution in [1.82, 2.24) is 15.6 Å². The molecule has 4 nitrogen and oxygen atoms in total. The van der Waals surface area contributed by atoms with Crippen LogP contribution < -0.4 is 10.6 Å². The van der Waals surface area contributed by atoms with Crippen LogP contribution in [0, 0.1) is 5.82 Å². The topological polar surface area (TPSA) is 54.0 Å². The van der Waals surface area contributed by atoms with Gasteiger partial charge in [0, 0.05) is 25.2 Å². The fraction of sp³-hybridized carbons (Fsp3) is 0.538. The minimum atomic E-state index is -0.321. The minimum absolute atomic E-state index is 0.131. The largest absolute Gasteiger partial charge is 0.353 e. The van der Waals surface area contributed by atoms with Crippen LogP contribution in [0.1, 0.15) is 31.2 Å². The molecule has 5 heteroatoms. The number of amides is 1. The average molecular weight is 251 g/mol. The van der Waals surface area contributed by atoms with Gasteiger partial charge in [0.2, 0.25) is 5.91 Å². The Bertz CT molecular complexity index is 407. The predicted molar refractivity (Wildman–Crippen MR) is 66.3 cm³/mol. The van der Waals surface area contributed by atoms with Gasteiger partial charge in [-0.05, 0) is 37.4 Å². The van der Waals surface area contributed by atoms with Gasteiger partial charge in [0.1, 0.15) is 5.82 Å². The van der Waals surface area contributed by atoms with Crippen LogP contribution in [0.4, 0.5) is 4.39 Å². The summed E-state index contributed by atoms with van der Waals surface area (Å²) in [6, 6.07) is 1.89. The highest BCUT2D eigenvalue weighted by molar-refractivity contribution is 5.76. The lowest BCUT2D eigenvalue weighted by Gasteiger charge is -2.05. The Labute approximate surface area is 106 Å². The van der Waals surface area contributed by atoms with Crippen LogP contribution in [0.5, 0.6) is 0 Å². The quantitative estimate of drug-likeness (QED) is 0.720. The number of aromatic nitrogens is 1. The zero-order valence-electron chi connectivity index (χ0n) is 10.3. The van der Waals surface area contributed by atoms with E-state index in [2.05, 4.69) is 15.6 Å². The fourth-order valence-electron chi connectivity index (χ4n) is 1.69. The molecule has 98 valence electrons. The molecule has 2 N–H and O–H groups in total. The standard InChI is InChI=1S/C13H18FN3O/c14-11-6-10(8-16-9-11)7-15-5-1-2-13(18)17-12-3-4-12/h6,8-9,12,15H,1-5,7H2,(H,17,18). The van der Waals surface area contributed by atoms with Gasteiger partial charge < -0.3 is 10.6 Å². The Kier molecular flexibility index (Phi) is 4.64. The van der Waals surface area contributed by atoms with E-state index in [1.54, 1.807) is 6.20 Å². The maximum atomic E-state index is 12.8. The molecule has 0 atom stereocenters. The molecule has 0 spiro atoms. The molecule has 0 radical (unpaired) electrons. The number of rotatable bonds is 7. The average Bonchev–Trinajstić information content (AvgIpc) is 3.12. The van der Waals surface area contributed by atoms with Gasteiger partial charge in [-0.3, -0.25) is 9.78 Å². The van der Waals surface area contributed by atoms with E-state index in [0.29, 0.717) is 19.0 Å². The lowest BCUT2D eigenvalue weighted by Crippen LogP contribution is -2.26. The second kappa shape index (κ2) is 6.44. The summed E-state index contributed by atoms with van der Waals surface area (Å²) in [4.78, 5) is 15.1. The fourth-order valence-corrected chi connectivity index (χ4v) is 1.69. The van der Waals surface area contributed by atoms with Crippen molar-refractivity contribution >= 4 is 5.91 Å². The maximum Gasteiger partial charge on any atom is 0.220 e. The van der Waals surface area contributed by atoms with E-state index < -0.39 is 0 Å². The van der Waals surface area contributed by atoms with Gasteiger partial charge >= 0.3 is 0 Å². The number of hydrogen-bond donors (Lipinski definition) is 2. The van der Waals surface area contributed by atoms with Crippen LogP contribution in [-0.2, 0) is 11.3 Å². The third kappa shape index (κ3) is 4.79. The number of nitrogens with zero attached hydrogens (tertiary/aromatic N) is 1. The molecule has 0 saturated heterocycles. The number of halogens is 1. The first-order chi connectivity index (χ1) is 8.74. The van der Waals surface area contributed by atoms with Crippen molar-refractivity contribution in [3.8, 4) is 0 Å². The molecule has 1 aliphatic rings. The first-order valence-electron chi connectivity index (χ1n) is 6.33. The van der Waals surface area contributed by atoms with Gasteiger partial charge in [0.05, 0.1) is 6.20 Å². The van der Waals surface area contributed by atoms with Crippen LogP contribution in [0.3, 0.4) is 0 Å². The Morgan fingerprint density at radius 3 is 3.00 bits per heavy atom. The Morgan fingerprint density at radius 2 is 2.28 bits per heavy atom. The Hall–Kier alpha value is -1.49. The van der Waals surface area contributed by atoms with Gasteiger partial charge in [0.15, 0.2) is 0 Å². The number of carbonyl (C=O) groups is 1. The molecular weight excluding hydrogens is 233 g/mol. The van der Waals surface area contributed by atoms with Gasteiger partial charge in [-0.15, -0.1) is 0 Å². The van der Waals surface area contributed by atoms with E-state index in [1.807, 2.05) is 0 Å². The van der Waals surface area contributed by atoms with Crippen molar-refractivity contribution in [1.29, 1.82) is 0 Å². The van der Waals surface area contributed by atoms with Crippen LogP contribution in [0.2, 0.25) is 0 Å².